The Bertz CT molecular complexity index is 1350. The van der Waals surface area contributed by atoms with E-state index < -0.39 is 0 Å². The lowest BCUT2D eigenvalue weighted by molar-refractivity contribution is 0.483. The highest BCUT2D eigenvalue weighted by atomic mass is 32.1. The summed E-state index contributed by atoms with van der Waals surface area (Å²) >= 11 is 1.79. The van der Waals surface area contributed by atoms with Crippen molar-refractivity contribution >= 4 is 27.2 Å². The maximum Gasteiger partial charge on any atom is 0.217 e. The van der Waals surface area contributed by atoms with Crippen LogP contribution >= 0.6 is 11.3 Å². The van der Waals surface area contributed by atoms with Crippen LogP contribution in [0.1, 0.15) is 34.0 Å². The van der Waals surface area contributed by atoms with E-state index in [1.807, 2.05) is 30.7 Å². The Hall–Kier alpha value is -3.00. The van der Waals surface area contributed by atoms with E-state index in [4.69, 9.17) is 9.40 Å². The highest BCUT2D eigenvalue weighted by Gasteiger charge is 2.22. The first kappa shape index (κ1) is 16.0. The molecule has 0 amide bonds. The van der Waals surface area contributed by atoms with Crippen LogP contribution in [-0.4, -0.2) is 29.4 Å². The number of fused-ring (bicyclic) bond motifs is 5. The number of nitrogens with zero attached hydrogens (tertiary/aromatic N) is 6. The molecule has 0 aliphatic heterocycles. The number of furan rings is 1. The third-order valence-corrected chi connectivity index (χ3v) is 6.53. The van der Waals surface area contributed by atoms with Gasteiger partial charge in [-0.1, -0.05) is 0 Å². The second-order valence-corrected chi connectivity index (χ2v) is 8.42. The zero-order chi connectivity index (χ0) is 18.8. The Morgan fingerprint density at radius 3 is 2.96 bits per heavy atom. The lowest BCUT2D eigenvalue weighted by Crippen LogP contribution is -2.02. The molecule has 5 heterocycles. The molecule has 8 heteroatoms. The monoisotopic (exact) mass is 390 g/mol. The molecule has 5 aromatic rings. The second kappa shape index (κ2) is 5.75. The molecule has 0 fully saturated rings. The van der Waals surface area contributed by atoms with Crippen LogP contribution in [0.25, 0.3) is 27.4 Å². The van der Waals surface area contributed by atoms with Crippen LogP contribution in [0.3, 0.4) is 0 Å². The maximum absolute atomic E-state index is 6.04. The summed E-state index contributed by atoms with van der Waals surface area (Å²) in [6.45, 7) is 4.63. The minimum absolute atomic E-state index is 0.590. The fourth-order valence-corrected chi connectivity index (χ4v) is 5.29. The molecule has 0 spiro atoms. The first-order valence-electron chi connectivity index (χ1n) is 9.41. The van der Waals surface area contributed by atoms with Crippen LogP contribution < -0.4 is 0 Å². The van der Waals surface area contributed by atoms with Gasteiger partial charge in [0.1, 0.15) is 16.9 Å². The number of rotatable bonds is 3. The van der Waals surface area contributed by atoms with E-state index in [-0.39, 0.29) is 0 Å². The fraction of sp³-hybridized carbons (Fsp3) is 0.300. The van der Waals surface area contributed by atoms with Crippen molar-refractivity contribution in [2.75, 3.05) is 0 Å². The summed E-state index contributed by atoms with van der Waals surface area (Å²) in [5.41, 5.74) is 4.39. The summed E-state index contributed by atoms with van der Waals surface area (Å²) in [4.78, 5) is 11.9. The van der Waals surface area contributed by atoms with Crippen LogP contribution in [-0.2, 0) is 19.4 Å². The van der Waals surface area contributed by atoms with Crippen molar-refractivity contribution in [1.82, 2.24) is 29.4 Å². The fourth-order valence-electron chi connectivity index (χ4n) is 4.06. The molecule has 0 bridgehead atoms. The SMILES string of the molecule is Cc1cc(C)n(Cc2ccc(-c3nc4c5c6c(sc5ncn4n3)CCC6)o2)n1. The summed E-state index contributed by atoms with van der Waals surface area (Å²) in [5.74, 6) is 2.09. The molecule has 140 valence electrons. The highest BCUT2D eigenvalue weighted by molar-refractivity contribution is 7.19. The van der Waals surface area contributed by atoms with Gasteiger partial charge in [-0.05, 0) is 56.9 Å². The Balaban J connectivity index is 1.41. The molecule has 0 N–H and O–H groups in total. The molecule has 1 aliphatic rings. The molecule has 7 nitrogen and oxygen atoms in total. The van der Waals surface area contributed by atoms with Crippen molar-refractivity contribution in [3.05, 3.63) is 52.1 Å². The molecule has 6 rings (SSSR count). The number of hydrogen-bond acceptors (Lipinski definition) is 6. The van der Waals surface area contributed by atoms with Crippen LogP contribution in [0.15, 0.2) is 28.9 Å². The Kier molecular flexibility index (Phi) is 3.28. The van der Waals surface area contributed by atoms with Crippen LogP contribution in [0.4, 0.5) is 0 Å². The number of aryl methyl sites for hydroxylation is 4. The van der Waals surface area contributed by atoms with Crippen molar-refractivity contribution in [3.63, 3.8) is 0 Å². The Morgan fingerprint density at radius 1 is 1.18 bits per heavy atom. The van der Waals surface area contributed by atoms with Gasteiger partial charge >= 0.3 is 0 Å². The maximum atomic E-state index is 6.04. The second-order valence-electron chi connectivity index (χ2n) is 7.34. The lowest BCUT2D eigenvalue weighted by atomic mass is 10.2. The van der Waals surface area contributed by atoms with Crippen molar-refractivity contribution in [2.24, 2.45) is 0 Å². The smallest absolute Gasteiger partial charge is 0.217 e. The summed E-state index contributed by atoms with van der Waals surface area (Å²) < 4.78 is 9.75. The van der Waals surface area contributed by atoms with Gasteiger partial charge in [-0.25, -0.2) is 14.5 Å². The average Bonchev–Trinajstić information content (AvgIpc) is 3.43. The van der Waals surface area contributed by atoms with Crippen molar-refractivity contribution < 1.29 is 4.42 Å². The predicted octanol–water partition coefficient (Wildman–Crippen LogP) is 3.95. The molecule has 28 heavy (non-hydrogen) atoms. The van der Waals surface area contributed by atoms with Crippen molar-refractivity contribution in [2.45, 2.75) is 39.7 Å². The number of thiophene rings is 1. The largest absolute Gasteiger partial charge is 0.456 e. The van der Waals surface area contributed by atoms with Gasteiger partial charge in [-0.2, -0.15) is 5.10 Å². The summed E-state index contributed by atoms with van der Waals surface area (Å²) in [5, 5.41) is 10.3. The molecule has 0 atom stereocenters. The van der Waals surface area contributed by atoms with E-state index in [0.29, 0.717) is 18.1 Å². The van der Waals surface area contributed by atoms with Gasteiger partial charge in [0.25, 0.3) is 0 Å². The number of aromatic nitrogens is 6. The average molecular weight is 390 g/mol. The molecule has 1 aliphatic carbocycles. The van der Waals surface area contributed by atoms with Crippen LogP contribution in [0.2, 0.25) is 0 Å². The van der Waals surface area contributed by atoms with Crippen molar-refractivity contribution in [1.29, 1.82) is 0 Å². The van der Waals surface area contributed by atoms with Gasteiger partial charge in [0.15, 0.2) is 11.4 Å². The van der Waals surface area contributed by atoms with Gasteiger partial charge in [0, 0.05) is 10.6 Å². The molecule has 5 aromatic heterocycles. The Morgan fingerprint density at radius 2 is 2.11 bits per heavy atom. The molecule has 0 saturated heterocycles. The predicted molar refractivity (Wildman–Crippen MR) is 107 cm³/mol. The molecular weight excluding hydrogens is 372 g/mol. The topological polar surface area (TPSA) is 74.0 Å². The van der Waals surface area contributed by atoms with E-state index in [1.165, 1.54) is 16.9 Å². The minimum atomic E-state index is 0.590. The lowest BCUT2D eigenvalue weighted by Gasteiger charge is -2.00. The van der Waals surface area contributed by atoms with Crippen molar-refractivity contribution in [3.8, 4) is 11.6 Å². The van der Waals surface area contributed by atoms with Gasteiger partial charge in [0.05, 0.1) is 17.6 Å². The molecule has 0 saturated carbocycles. The van der Waals surface area contributed by atoms with E-state index in [1.54, 1.807) is 22.2 Å². The van der Waals surface area contributed by atoms with Gasteiger partial charge in [-0.3, -0.25) is 4.68 Å². The van der Waals surface area contributed by atoms with Crippen LogP contribution in [0, 0.1) is 13.8 Å². The third kappa shape index (κ3) is 2.34. The zero-order valence-electron chi connectivity index (χ0n) is 15.6. The normalized spacial score (nSPS) is 13.8. The van der Waals surface area contributed by atoms with E-state index in [2.05, 4.69) is 21.2 Å². The summed E-state index contributed by atoms with van der Waals surface area (Å²) in [6, 6.07) is 5.96. The first-order chi connectivity index (χ1) is 13.7. The van der Waals surface area contributed by atoms with Gasteiger partial charge < -0.3 is 4.42 Å². The minimum Gasteiger partial charge on any atom is -0.456 e. The standard InChI is InChI=1S/C20H18N6OS/c1-11-8-12(2)25(23-11)9-13-6-7-15(27-13)18-22-19-17-14-4-3-5-16(14)28-20(17)21-10-26(19)24-18/h6-8,10H,3-5,9H2,1-2H3. The van der Waals surface area contributed by atoms with Gasteiger partial charge in [0.2, 0.25) is 5.82 Å². The molecule has 0 aromatic carbocycles. The number of hydrogen-bond donors (Lipinski definition) is 0. The summed E-state index contributed by atoms with van der Waals surface area (Å²) in [6.07, 6.45) is 5.22. The quantitative estimate of drug-likeness (QED) is 0.466. The third-order valence-electron chi connectivity index (χ3n) is 5.33. The summed E-state index contributed by atoms with van der Waals surface area (Å²) in [7, 11) is 0. The van der Waals surface area contributed by atoms with E-state index in [9.17, 15) is 0 Å². The van der Waals surface area contributed by atoms with Gasteiger partial charge in [-0.15, -0.1) is 16.4 Å². The molecular formula is C20H18N6OS. The Labute approximate surface area is 164 Å². The zero-order valence-corrected chi connectivity index (χ0v) is 16.5. The van der Waals surface area contributed by atoms with Crippen LogP contribution in [0.5, 0.6) is 0 Å². The van der Waals surface area contributed by atoms with E-state index in [0.717, 1.165) is 45.9 Å². The highest BCUT2D eigenvalue weighted by Crippen LogP contribution is 2.38. The molecule has 0 unspecified atom stereocenters. The molecule has 0 radical (unpaired) electrons. The van der Waals surface area contributed by atoms with E-state index >= 15 is 0 Å². The first-order valence-corrected chi connectivity index (χ1v) is 10.2.